The SMILES string of the molecule is COC(CN)CN(C)CC1CCCCC1. The summed E-state index contributed by atoms with van der Waals surface area (Å²) in [6.45, 7) is 2.79. The first-order valence-electron chi connectivity index (χ1n) is 6.17. The van der Waals surface area contributed by atoms with Gasteiger partial charge in [0.25, 0.3) is 0 Å². The Morgan fingerprint density at radius 2 is 2.00 bits per heavy atom. The third kappa shape index (κ3) is 4.96. The zero-order valence-electron chi connectivity index (χ0n) is 10.2. The van der Waals surface area contributed by atoms with Gasteiger partial charge < -0.3 is 15.4 Å². The van der Waals surface area contributed by atoms with Crippen molar-refractivity contribution in [3.63, 3.8) is 0 Å². The van der Waals surface area contributed by atoms with Crippen molar-refractivity contribution in [3.8, 4) is 0 Å². The highest BCUT2D eigenvalue weighted by molar-refractivity contribution is 4.71. The molecule has 0 aromatic heterocycles. The number of rotatable bonds is 6. The van der Waals surface area contributed by atoms with Gasteiger partial charge in [0.2, 0.25) is 0 Å². The molecule has 1 aliphatic rings. The van der Waals surface area contributed by atoms with Crippen LogP contribution in [0.5, 0.6) is 0 Å². The minimum atomic E-state index is 0.193. The number of hydrogen-bond acceptors (Lipinski definition) is 3. The van der Waals surface area contributed by atoms with Gasteiger partial charge in [0.15, 0.2) is 0 Å². The largest absolute Gasteiger partial charge is 0.379 e. The summed E-state index contributed by atoms with van der Waals surface area (Å²) in [4.78, 5) is 2.37. The highest BCUT2D eigenvalue weighted by atomic mass is 16.5. The number of nitrogens with two attached hydrogens (primary N) is 1. The van der Waals surface area contributed by atoms with E-state index in [0.29, 0.717) is 6.54 Å². The molecule has 1 rings (SSSR count). The Morgan fingerprint density at radius 1 is 1.33 bits per heavy atom. The van der Waals surface area contributed by atoms with E-state index in [2.05, 4.69) is 11.9 Å². The second-order valence-electron chi connectivity index (χ2n) is 4.82. The maximum Gasteiger partial charge on any atom is 0.0820 e. The first kappa shape index (κ1) is 12.9. The van der Waals surface area contributed by atoms with Gasteiger partial charge in [-0.05, 0) is 25.8 Å². The van der Waals surface area contributed by atoms with Crippen LogP contribution >= 0.6 is 0 Å². The lowest BCUT2D eigenvalue weighted by Gasteiger charge is -2.28. The van der Waals surface area contributed by atoms with E-state index in [0.717, 1.165) is 12.5 Å². The van der Waals surface area contributed by atoms with Gasteiger partial charge in [0, 0.05) is 26.7 Å². The van der Waals surface area contributed by atoms with Crippen molar-refractivity contribution in [3.05, 3.63) is 0 Å². The summed E-state index contributed by atoms with van der Waals surface area (Å²) in [5, 5.41) is 0. The van der Waals surface area contributed by atoms with Crippen LogP contribution in [-0.2, 0) is 4.74 Å². The summed E-state index contributed by atoms with van der Waals surface area (Å²) in [6, 6.07) is 0. The maximum atomic E-state index is 5.61. The van der Waals surface area contributed by atoms with Gasteiger partial charge in [0.05, 0.1) is 6.10 Å². The zero-order chi connectivity index (χ0) is 11.1. The quantitative estimate of drug-likeness (QED) is 0.728. The highest BCUT2D eigenvalue weighted by Gasteiger charge is 2.16. The molecule has 0 aliphatic heterocycles. The Labute approximate surface area is 94.0 Å². The Balaban J connectivity index is 2.18. The summed E-state index contributed by atoms with van der Waals surface area (Å²) >= 11 is 0. The van der Waals surface area contributed by atoms with Crippen molar-refractivity contribution in [2.24, 2.45) is 11.7 Å². The molecule has 3 heteroatoms. The highest BCUT2D eigenvalue weighted by Crippen LogP contribution is 2.24. The summed E-state index contributed by atoms with van der Waals surface area (Å²) in [6.07, 6.45) is 7.28. The van der Waals surface area contributed by atoms with Crippen LogP contribution in [0.2, 0.25) is 0 Å². The average Bonchev–Trinajstić information content (AvgIpc) is 2.27. The molecule has 1 aliphatic carbocycles. The molecule has 0 aromatic carbocycles. The van der Waals surface area contributed by atoms with Crippen LogP contribution in [0.3, 0.4) is 0 Å². The molecule has 1 saturated carbocycles. The molecule has 1 atom stereocenters. The first-order valence-corrected chi connectivity index (χ1v) is 6.17. The van der Waals surface area contributed by atoms with Gasteiger partial charge in [-0.15, -0.1) is 0 Å². The summed E-state index contributed by atoms with van der Waals surface area (Å²) in [5.41, 5.74) is 5.61. The molecule has 0 aromatic rings. The second kappa shape index (κ2) is 7.20. The van der Waals surface area contributed by atoms with Gasteiger partial charge >= 0.3 is 0 Å². The zero-order valence-corrected chi connectivity index (χ0v) is 10.2. The van der Waals surface area contributed by atoms with Crippen LogP contribution in [0.25, 0.3) is 0 Å². The van der Waals surface area contributed by atoms with E-state index in [1.807, 2.05) is 0 Å². The van der Waals surface area contributed by atoms with Crippen molar-refractivity contribution in [2.75, 3.05) is 33.8 Å². The van der Waals surface area contributed by atoms with E-state index in [-0.39, 0.29) is 6.10 Å². The molecule has 0 amide bonds. The van der Waals surface area contributed by atoms with E-state index >= 15 is 0 Å². The van der Waals surface area contributed by atoms with E-state index in [9.17, 15) is 0 Å². The van der Waals surface area contributed by atoms with Crippen LogP contribution in [0.1, 0.15) is 32.1 Å². The first-order chi connectivity index (χ1) is 7.26. The van der Waals surface area contributed by atoms with E-state index in [1.165, 1.54) is 38.6 Å². The monoisotopic (exact) mass is 214 g/mol. The molecule has 3 nitrogen and oxygen atoms in total. The number of nitrogens with zero attached hydrogens (tertiary/aromatic N) is 1. The van der Waals surface area contributed by atoms with Gasteiger partial charge in [-0.25, -0.2) is 0 Å². The molecule has 0 heterocycles. The summed E-state index contributed by atoms with van der Waals surface area (Å²) in [7, 11) is 3.92. The van der Waals surface area contributed by atoms with E-state index in [4.69, 9.17) is 10.5 Å². The van der Waals surface area contributed by atoms with Crippen LogP contribution in [0.4, 0.5) is 0 Å². The third-order valence-electron chi connectivity index (χ3n) is 3.41. The molecular formula is C12H26N2O. The maximum absolute atomic E-state index is 5.61. The number of methoxy groups -OCH3 is 1. The molecule has 90 valence electrons. The average molecular weight is 214 g/mol. The summed E-state index contributed by atoms with van der Waals surface area (Å²) in [5.74, 6) is 0.902. The van der Waals surface area contributed by atoms with Crippen LogP contribution in [0, 0.1) is 5.92 Å². The second-order valence-corrected chi connectivity index (χ2v) is 4.82. The Bertz CT molecular complexity index is 154. The minimum absolute atomic E-state index is 0.193. The van der Waals surface area contributed by atoms with Crippen molar-refractivity contribution in [1.82, 2.24) is 4.90 Å². The number of likely N-dealkylation sites (N-methyl/N-ethyl adjacent to an activating group) is 1. The lowest BCUT2D eigenvalue weighted by Crippen LogP contribution is -2.38. The molecule has 15 heavy (non-hydrogen) atoms. The summed E-state index contributed by atoms with van der Waals surface area (Å²) < 4.78 is 5.29. The standard InChI is InChI=1S/C12H26N2O/c1-14(10-12(8-13)15-2)9-11-6-4-3-5-7-11/h11-12H,3-10,13H2,1-2H3. The molecular weight excluding hydrogens is 188 g/mol. The molecule has 0 spiro atoms. The molecule has 2 N–H and O–H groups in total. The predicted octanol–water partition coefficient (Wildman–Crippen LogP) is 1.47. The predicted molar refractivity (Wildman–Crippen MR) is 63.9 cm³/mol. The molecule has 0 bridgehead atoms. The fourth-order valence-electron chi connectivity index (χ4n) is 2.48. The van der Waals surface area contributed by atoms with Crippen LogP contribution in [0.15, 0.2) is 0 Å². The number of ether oxygens (including phenoxy) is 1. The van der Waals surface area contributed by atoms with Gasteiger partial charge in [0.1, 0.15) is 0 Å². The smallest absolute Gasteiger partial charge is 0.0820 e. The van der Waals surface area contributed by atoms with Gasteiger partial charge in [-0.2, -0.15) is 0 Å². The molecule has 0 radical (unpaired) electrons. The van der Waals surface area contributed by atoms with E-state index < -0.39 is 0 Å². The van der Waals surface area contributed by atoms with Crippen LogP contribution < -0.4 is 5.73 Å². The molecule has 1 fully saturated rings. The Morgan fingerprint density at radius 3 is 2.53 bits per heavy atom. The lowest BCUT2D eigenvalue weighted by molar-refractivity contribution is 0.0711. The Kier molecular flexibility index (Phi) is 6.22. The number of hydrogen-bond donors (Lipinski definition) is 1. The fraction of sp³-hybridized carbons (Fsp3) is 1.00. The van der Waals surface area contributed by atoms with Crippen molar-refractivity contribution in [1.29, 1.82) is 0 Å². The topological polar surface area (TPSA) is 38.5 Å². The normalized spacial score (nSPS) is 20.8. The van der Waals surface area contributed by atoms with Crippen molar-refractivity contribution in [2.45, 2.75) is 38.2 Å². The minimum Gasteiger partial charge on any atom is -0.379 e. The van der Waals surface area contributed by atoms with Gasteiger partial charge in [-0.1, -0.05) is 19.3 Å². The lowest BCUT2D eigenvalue weighted by atomic mass is 9.89. The van der Waals surface area contributed by atoms with Crippen molar-refractivity contribution < 1.29 is 4.74 Å². The van der Waals surface area contributed by atoms with Crippen molar-refractivity contribution >= 4 is 0 Å². The molecule has 1 unspecified atom stereocenters. The Hall–Kier alpha value is -0.120. The fourth-order valence-corrected chi connectivity index (χ4v) is 2.48. The molecule has 0 saturated heterocycles. The third-order valence-corrected chi connectivity index (χ3v) is 3.41. The van der Waals surface area contributed by atoms with E-state index in [1.54, 1.807) is 7.11 Å². The van der Waals surface area contributed by atoms with Crippen LogP contribution in [-0.4, -0.2) is 44.8 Å². The van der Waals surface area contributed by atoms with Gasteiger partial charge in [-0.3, -0.25) is 0 Å².